The molecule has 1 saturated heterocycles. The van der Waals surface area contributed by atoms with E-state index in [1.54, 1.807) is 12.2 Å². The number of aliphatic hydroxyl groups excluding tert-OH is 3. The van der Waals surface area contributed by atoms with Gasteiger partial charge in [0.05, 0.1) is 24.4 Å². The molecule has 1 aliphatic rings. The van der Waals surface area contributed by atoms with E-state index >= 15 is 0 Å². The largest absolute Gasteiger partial charge is 0.481 e. The van der Waals surface area contributed by atoms with Crippen molar-refractivity contribution in [1.82, 2.24) is 0 Å². The number of carboxylic acid groups (broad SMARTS) is 1. The van der Waals surface area contributed by atoms with Crippen LogP contribution in [0.15, 0.2) is 48.6 Å². The van der Waals surface area contributed by atoms with Gasteiger partial charge in [-0.25, -0.2) is 0 Å². The number of hydrogen-bond donors (Lipinski definition) is 4. The summed E-state index contributed by atoms with van der Waals surface area (Å²) in [6, 6.07) is 0. The van der Waals surface area contributed by atoms with E-state index in [1.807, 2.05) is 43.4 Å². The van der Waals surface area contributed by atoms with E-state index in [1.165, 1.54) is 0 Å². The fraction of sp³-hybridized carbons (Fsp3) is 0.591. The summed E-state index contributed by atoms with van der Waals surface area (Å²) < 4.78 is 5.63. The highest BCUT2D eigenvalue weighted by Gasteiger charge is 2.35. The van der Waals surface area contributed by atoms with Gasteiger partial charge in [-0.15, -0.1) is 0 Å². The maximum Gasteiger partial charge on any atom is 0.303 e. The Labute approximate surface area is 167 Å². The zero-order chi connectivity index (χ0) is 20.8. The third kappa shape index (κ3) is 10.6. The first-order valence-electron chi connectivity index (χ1n) is 9.98. The fourth-order valence-corrected chi connectivity index (χ4v) is 2.82. The smallest absolute Gasteiger partial charge is 0.303 e. The van der Waals surface area contributed by atoms with Crippen molar-refractivity contribution in [2.24, 2.45) is 0 Å². The first-order chi connectivity index (χ1) is 13.4. The summed E-state index contributed by atoms with van der Waals surface area (Å²) in [6.07, 6.45) is 16.0. The molecule has 1 rings (SSSR count). The van der Waals surface area contributed by atoms with Crippen LogP contribution in [0.4, 0.5) is 0 Å². The van der Waals surface area contributed by atoms with Gasteiger partial charge in [-0.2, -0.15) is 0 Å². The molecule has 4 N–H and O–H groups in total. The summed E-state index contributed by atoms with van der Waals surface area (Å²) in [5.41, 5.74) is 0. The van der Waals surface area contributed by atoms with E-state index < -0.39 is 30.4 Å². The lowest BCUT2D eigenvalue weighted by atomic mass is 10.1. The van der Waals surface area contributed by atoms with Crippen LogP contribution in [-0.2, 0) is 9.53 Å². The van der Waals surface area contributed by atoms with Gasteiger partial charge >= 0.3 is 5.97 Å². The Kier molecular flexibility index (Phi) is 12.4. The lowest BCUT2D eigenvalue weighted by molar-refractivity contribution is -0.136. The normalized spacial score (nSPS) is 25.5. The molecule has 0 bridgehead atoms. The van der Waals surface area contributed by atoms with Gasteiger partial charge in [0.2, 0.25) is 0 Å². The second-order valence-electron chi connectivity index (χ2n) is 6.92. The number of hydrogen-bond acceptors (Lipinski definition) is 5. The number of carboxylic acids is 1. The van der Waals surface area contributed by atoms with Crippen LogP contribution in [0.3, 0.4) is 0 Å². The molecule has 1 heterocycles. The number of rotatable bonds is 13. The highest BCUT2D eigenvalue weighted by molar-refractivity contribution is 5.66. The van der Waals surface area contributed by atoms with Crippen LogP contribution >= 0.6 is 0 Å². The third-order valence-corrected chi connectivity index (χ3v) is 4.50. The van der Waals surface area contributed by atoms with E-state index in [4.69, 9.17) is 9.84 Å². The average molecular weight is 395 g/mol. The van der Waals surface area contributed by atoms with Crippen molar-refractivity contribution in [3.05, 3.63) is 48.6 Å². The van der Waals surface area contributed by atoms with Crippen LogP contribution in [0.5, 0.6) is 0 Å². The maximum atomic E-state index is 10.3. The Morgan fingerprint density at radius 1 is 1.11 bits per heavy atom. The molecular weight excluding hydrogens is 360 g/mol. The Morgan fingerprint density at radius 3 is 2.39 bits per heavy atom. The van der Waals surface area contributed by atoms with Gasteiger partial charge in [-0.3, -0.25) is 4.79 Å². The van der Waals surface area contributed by atoms with Crippen LogP contribution < -0.4 is 0 Å². The number of aliphatic hydroxyl groups is 3. The van der Waals surface area contributed by atoms with Gasteiger partial charge in [0.1, 0.15) is 6.10 Å². The van der Waals surface area contributed by atoms with E-state index in [0.717, 1.165) is 12.8 Å². The Morgan fingerprint density at radius 2 is 1.75 bits per heavy atom. The zero-order valence-corrected chi connectivity index (χ0v) is 16.6. The molecule has 0 amide bonds. The van der Waals surface area contributed by atoms with Crippen molar-refractivity contribution < 1.29 is 30.0 Å². The molecule has 0 aromatic heterocycles. The van der Waals surface area contributed by atoms with Crippen molar-refractivity contribution in [2.45, 2.75) is 82.4 Å². The Hall–Kier alpha value is -1.73. The summed E-state index contributed by atoms with van der Waals surface area (Å²) in [6.45, 7) is 1.87. The van der Waals surface area contributed by atoms with Crippen molar-refractivity contribution in [3.63, 3.8) is 0 Å². The highest BCUT2D eigenvalue weighted by Crippen LogP contribution is 2.25. The Bertz CT molecular complexity index is 551. The quantitative estimate of drug-likeness (QED) is 0.358. The second kappa shape index (κ2) is 14.3. The molecule has 0 unspecified atom stereocenters. The standard InChI is InChI=1S/C22H34O6/c1-2-18(24)21-16-19(25)20(28-21)15-14-17(23)12-10-8-6-4-3-5-7-9-11-13-22(26)27/h3-4,7-10,14-15,17-21,23-25H,2,5-6,11-13,16H2,1H3,(H,26,27)/b4-3-,9-7-,10-8-,15-14+/t17-,18-,19-,20-,21+/m1/s1. The third-order valence-electron chi connectivity index (χ3n) is 4.50. The zero-order valence-electron chi connectivity index (χ0n) is 16.6. The predicted octanol–water partition coefficient (Wildman–Crippen LogP) is 2.90. The molecule has 0 aromatic rings. The van der Waals surface area contributed by atoms with E-state index in [9.17, 15) is 20.1 Å². The monoisotopic (exact) mass is 394 g/mol. The molecular formula is C22H34O6. The van der Waals surface area contributed by atoms with Crippen molar-refractivity contribution >= 4 is 5.97 Å². The lowest BCUT2D eigenvalue weighted by Crippen LogP contribution is -2.25. The molecule has 158 valence electrons. The van der Waals surface area contributed by atoms with Crippen molar-refractivity contribution in [3.8, 4) is 0 Å². The molecule has 6 heteroatoms. The minimum Gasteiger partial charge on any atom is -0.481 e. The van der Waals surface area contributed by atoms with Crippen LogP contribution in [-0.4, -0.2) is 56.9 Å². The number of ether oxygens (including phenoxy) is 1. The summed E-state index contributed by atoms with van der Waals surface area (Å²) >= 11 is 0. The van der Waals surface area contributed by atoms with E-state index in [2.05, 4.69) is 0 Å². The molecule has 1 fully saturated rings. The Balaban J connectivity index is 2.18. The molecule has 0 spiro atoms. The molecule has 0 saturated carbocycles. The van der Waals surface area contributed by atoms with Gasteiger partial charge in [0.15, 0.2) is 0 Å². The van der Waals surface area contributed by atoms with Crippen LogP contribution in [0.1, 0.15) is 51.9 Å². The van der Waals surface area contributed by atoms with E-state index in [-0.39, 0.29) is 12.5 Å². The van der Waals surface area contributed by atoms with Gasteiger partial charge in [-0.1, -0.05) is 55.5 Å². The molecule has 6 nitrogen and oxygen atoms in total. The molecule has 28 heavy (non-hydrogen) atoms. The van der Waals surface area contributed by atoms with Gasteiger partial charge < -0.3 is 25.2 Å². The molecule has 5 atom stereocenters. The number of allylic oxidation sites excluding steroid dienone is 5. The fourth-order valence-electron chi connectivity index (χ4n) is 2.82. The first kappa shape index (κ1) is 24.3. The first-order valence-corrected chi connectivity index (χ1v) is 9.98. The second-order valence-corrected chi connectivity index (χ2v) is 6.92. The number of carbonyl (C=O) groups is 1. The average Bonchev–Trinajstić information content (AvgIpc) is 3.04. The SMILES string of the molecule is CC[C@@H](O)[C@@H]1C[C@@H](O)[C@@H](/C=C/[C@H](O)C/C=C\C/C=C\C/C=C\CCC(=O)O)O1. The topological polar surface area (TPSA) is 107 Å². The van der Waals surface area contributed by atoms with Crippen LogP contribution in [0, 0.1) is 0 Å². The van der Waals surface area contributed by atoms with Gasteiger partial charge in [0, 0.05) is 12.8 Å². The summed E-state index contributed by atoms with van der Waals surface area (Å²) in [5.74, 6) is -0.784. The van der Waals surface area contributed by atoms with Gasteiger partial charge in [0.25, 0.3) is 0 Å². The minimum absolute atomic E-state index is 0.160. The summed E-state index contributed by atoms with van der Waals surface area (Å²) in [5, 5.41) is 38.3. The maximum absolute atomic E-state index is 10.3. The molecule has 0 aromatic carbocycles. The molecule has 0 radical (unpaired) electrons. The van der Waals surface area contributed by atoms with Crippen molar-refractivity contribution in [2.75, 3.05) is 0 Å². The van der Waals surface area contributed by atoms with E-state index in [0.29, 0.717) is 25.7 Å². The molecule has 0 aliphatic carbocycles. The minimum atomic E-state index is -0.784. The van der Waals surface area contributed by atoms with Crippen LogP contribution in [0.2, 0.25) is 0 Å². The highest BCUT2D eigenvalue weighted by atomic mass is 16.5. The lowest BCUT2D eigenvalue weighted by Gasteiger charge is -2.16. The van der Waals surface area contributed by atoms with Crippen molar-refractivity contribution in [1.29, 1.82) is 0 Å². The van der Waals surface area contributed by atoms with Crippen LogP contribution in [0.25, 0.3) is 0 Å². The summed E-state index contributed by atoms with van der Waals surface area (Å²) in [7, 11) is 0. The summed E-state index contributed by atoms with van der Waals surface area (Å²) in [4.78, 5) is 10.3. The predicted molar refractivity (Wildman–Crippen MR) is 109 cm³/mol. The number of aliphatic carboxylic acids is 1. The van der Waals surface area contributed by atoms with Gasteiger partial charge in [-0.05, 0) is 32.1 Å². The molecule has 1 aliphatic heterocycles.